The van der Waals surface area contributed by atoms with Crippen LogP contribution < -0.4 is 10.1 Å². The summed E-state index contributed by atoms with van der Waals surface area (Å²) in [4.78, 5) is 0. The van der Waals surface area contributed by atoms with Gasteiger partial charge < -0.3 is 10.1 Å². The van der Waals surface area contributed by atoms with Gasteiger partial charge in [-0.25, -0.2) is 4.39 Å². The first kappa shape index (κ1) is 13.6. The van der Waals surface area contributed by atoms with Crippen molar-refractivity contribution in [3.63, 3.8) is 0 Å². The molecule has 0 radical (unpaired) electrons. The lowest BCUT2D eigenvalue weighted by Crippen LogP contribution is -2.08. The molecule has 100 valence electrons. The van der Waals surface area contributed by atoms with E-state index in [9.17, 15) is 4.39 Å². The molecule has 0 aliphatic rings. The smallest absolute Gasteiger partial charge is 0.134 e. The number of hydrogen-bond donors (Lipinski definition) is 1. The number of halogens is 1. The van der Waals surface area contributed by atoms with E-state index in [0.717, 1.165) is 12.2 Å². The lowest BCUT2D eigenvalue weighted by Gasteiger charge is -2.12. The van der Waals surface area contributed by atoms with Gasteiger partial charge in [-0.05, 0) is 43.3 Å². The number of hydrogen-bond acceptors (Lipinski definition) is 2. The van der Waals surface area contributed by atoms with Gasteiger partial charge in [0, 0.05) is 12.1 Å². The zero-order chi connectivity index (χ0) is 13.7. The Hall–Kier alpha value is -1.87. The molecule has 0 aliphatic heterocycles. The normalized spacial score (nSPS) is 10.5. The Kier molecular flexibility index (Phi) is 4.53. The summed E-state index contributed by atoms with van der Waals surface area (Å²) in [5.41, 5.74) is 1.75. The molecular formula is C16H18FNO. The molecule has 3 heteroatoms. The fraction of sp³-hybridized carbons (Fsp3) is 0.250. The quantitative estimate of drug-likeness (QED) is 0.879. The molecule has 19 heavy (non-hydrogen) atoms. The average molecular weight is 259 g/mol. The van der Waals surface area contributed by atoms with E-state index in [0.29, 0.717) is 17.9 Å². The van der Waals surface area contributed by atoms with Gasteiger partial charge in [0.25, 0.3) is 0 Å². The van der Waals surface area contributed by atoms with E-state index < -0.39 is 0 Å². The van der Waals surface area contributed by atoms with Crippen LogP contribution in [-0.2, 0) is 13.0 Å². The second-order valence-corrected chi connectivity index (χ2v) is 4.35. The van der Waals surface area contributed by atoms with E-state index in [1.807, 2.05) is 24.3 Å². The second kappa shape index (κ2) is 6.34. The van der Waals surface area contributed by atoms with Crippen molar-refractivity contribution in [2.75, 3.05) is 7.05 Å². The first-order chi connectivity index (χ1) is 9.24. The Bertz CT molecular complexity index is 554. The van der Waals surface area contributed by atoms with Crippen molar-refractivity contribution in [3.05, 3.63) is 59.4 Å². The fourth-order valence-electron chi connectivity index (χ4n) is 1.94. The molecule has 0 bridgehead atoms. The van der Waals surface area contributed by atoms with Crippen LogP contribution >= 0.6 is 0 Å². The van der Waals surface area contributed by atoms with E-state index in [4.69, 9.17) is 4.74 Å². The van der Waals surface area contributed by atoms with Crippen molar-refractivity contribution in [1.29, 1.82) is 0 Å². The molecule has 0 aromatic heterocycles. The minimum Gasteiger partial charge on any atom is -0.457 e. The first-order valence-electron chi connectivity index (χ1n) is 6.43. The van der Waals surface area contributed by atoms with Crippen LogP contribution in [0.15, 0.2) is 42.5 Å². The van der Waals surface area contributed by atoms with Gasteiger partial charge in [0.05, 0.1) is 0 Å². The summed E-state index contributed by atoms with van der Waals surface area (Å²) in [5, 5.41) is 2.95. The average Bonchev–Trinajstić information content (AvgIpc) is 2.43. The molecule has 2 nitrogen and oxygen atoms in total. The Balaban J connectivity index is 2.29. The van der Waals surface area contributed by atoms with Crippen molar-refractivity contribution < 1.29 is 9.13 Å². The summed E-state index contributed by atoms with van der Waals surface area (Å²) in [5.74, 6) is 1.04. The Morgan fingerprint density at radius 3 is 2.68 bits per heavy atom. The fourth-order valence-corrected chi connectivity index (χ4v) is 1.94. The number of aryl methyl sites for hydroxylation is 1. The maximum atomic E-state index is 13.8. The minimum atomic E-state index is -0.251. The standard InChI is InChI=1S/C16H18FNO/c1-3-12-6-4-7-13(10-12)19-16-9-5-8-15(17)14(16)11-18-2/h4-10,18H,3,11H2,1-2H3. The van der Waals surface area contributed by atoms with Crippen molar-refractivity contribution in [2.24, 2.45) is 0 Å². The van der Waals surface area contributed by atoms with Gasteiger partial charge in [0.1, 0.15) is 17.3 Å². The van der Waals surface area contributed by atoms with Crippen LogP contribution in [0.2, 0.25) is 0 Å². The highest BCUT2D eigenvalue weighted by Gasteiger charge is 2.09. The molecule has 0 atom stereocenters. The number of nitrogens with one attached hydrogen (secondary N) is 1. The van der Waals surface area contributed by atoms with Crippen molar-refractivity contribution >= 4 is 0 Å². The van der Waals surface area contributed by atoms with Gasteiger partial charge in [-0.1, -0.05) is 25.1 Å². The zero-order valence-electron chi connectivity index (χ0n) is 11.2. The molecule has 0 heterocycles. The number of benzene rings is 2. The predicted octanol–water partition coefficient (Wildman–Crippen LogP) is 3.90. The van der Waals surface area contributed by atoms with E-state index in [1.54, 1.807) is 19.2 Å². The molecule has 2 aromatic rings. The maximum Gasteiger partial charge on any atom is 0.134 e. The predicted molar refractivity (Wildman–Crippen MR) is 75.1 cm³/mol. The third-order valence-corrected chi connectivity index (χ3v) is 2.96. The van der Waals surface area contributed by atoms with Crippen molar-refractivity contribution in [1.82, 2.24) is 5.32 Å². The van der Waals surface area contributed by atoms with Gasteiger partial charge >= 0.3 is 0 Å². The van der Waals surface area contributed by atoms with E-state index >= 15 is 0 Å². The van der Waals surface area contributed by atoms with E-state index in [-0.39, 0.29) is 5.82 Å². The van der Waals surface area contributed by atoms with Crippen molar-refractivity contribution in [3.8, 4) is 11.5 Å². The molecule has 0 saturated heterocycles. The summed E-state index contributed by atoms with van der Waals surface area (Å²) in [7, 11) is 1.79. The molecule has 1 N–H and O–H groups in total. The Morgan fingerprint density at radius 2 is 1.95 bits per heavy atom. The lowest BCUT2D eigenvalue weighted by molar-refractivity contribution is 0.463. The first-order valence-corrected chi connectivity index (χ1v) is 6.43. The van der Waals surface area contributed by atoms with Crippen molar-refractivity contribution in [2.45, 2.75) is 19.9 Å². The molecule has 0 saturated carbocycles. The lowest BCUT2D eigenvalue weighted by atomic mass is 10.1. The topological polar surface area (TPSA) is 21.3 Å². The van der Waals surface area contributed by atoms with Crippen LogP contribution in [0.25, 0.3) is 0 Å². The van der Waals surface area contributed by atoms with Crippen LogP contribution in [-0.4, -0.2) is 7.05 Å². The molecule has 0 spiro atoms. The Labute approximate surface area is 113 Å². The van der Waals surface area contributed by atoms with Crippen LogP contribution in [0.4, 0.5) is 4.39 Å². The van der Waals surface area contributed by atoms with Gasteiger partial charge in [0.2, 0.25) is 0 Å². The van der Waals surface area contributed by atoms with E-state index in [1.165, 1.54) is 11.6 Å². The Morgan fingerprint density at radius 1 is 1.16 bits per heavy atom. The molecule has 0 fully saturated rings. The van der Waals surface area contributed by atoms with Crippen LogP contribution in [0.1, 0.15) is 18.1 Å². The van der Waals surface area contributed by atoms with Crippen LogP contribution in [0, 0.1) is 5.82 Å². The maximum absolute atomic E-state index is 13.8. The molecule has 0 amide bonds. The van der Waals surface area contributed by atoms with Gasteiger partial charge in [-0.15, -0.1) is 0 Å². The summed E-state index contributed by atoms with van der Waals surface area (Å²) in [6.07, 6.45) is 0.948. The summed E-state index contributed by atoms with van der Waals surface area (Å²) >= 11 is 0. The molecule has 0 aliphatic carbocycles. The summed E-state index contributed by atoms with van der Waals surface area (Å²) in [6, 6.07) is 12.8. The second-order valence-electron chi connectivity index (χ2n) is 4.35. The SMILES string of the molecule is CCc1cccc(Oc2cccc(F)c2CNC)c1. The molecule has 0 unspecified atom stereocenters. The van der Waals surface area contributed by atoms with Gasteiger partial charge in [0.15, 0.2) is 0 Å². The molecular weight excluding hydrogens is 241 g/mol. The largest absolute Gasteiger partial charge is 0.457 e. The molecule has 2 aromatic carbocycles. The third-order valence-electron chi connectivity index (χ3n) is 2.96. The van der Waals surface area contributed by atoms with Crippen LogP contribution in [0.3, 0.4) is 0 Å². The summed E-state index contributed by atoms with van der Waals surface area (Å²) < 4.78 is 19.6. The number of ether oxygens (including phenoxy) is 1. The van der Waals surface area contributed by atoms with E-state index in [2.05, 4.69) is 12.2 Å². The minimum absolute atomic E-state index is 0.251. The van der Waals surface area contributed by atoms with Gasteiger partial charge in [-0.2, -0.15) is 0 Å². The summed E-state index contributed by atoms with van der Waals surface area (Å²) in [6.45, 7) is 2.53. The molecule has 2 rings (SSSR count). The highest BCUT2D eigenvalue weighted by atomic mass is 19.1. The highest BCUT2D eigenvalue weighted by molar-refractivity contribution is 5.39. The van der Waals surface area contributed by atoms with Crippen LogP contribution in [0.5, 0.6) is 11.5 Å². The zero-order valence-corrected chi connectivity index (χ0v) is 11.2. The monoisotopic (exact) mass is 259 g/mol. The van der Waals surface area contributed by atoms with Gasteiger partial charge in [-0.3, -0.25) is 0 Å². The third kappa shape index (κ3) is 3.32. The number of rotatable bonds is 5. The highest BCUT2D eigenvalue weighted by Crippen LogP contribution is 2.27.